The van der Waals surface area contributed by atoms with Gasteiger partial charge in [-0.2, -0.15) is 0 Å². The predicted octanol–water partition coefficient (Wildman–Crippen LogP) is 3.53. The number of H-pyrrole nitrogens is 1. The molecule has 0 aliphatic heterocycles. The van der Waals surface area contributed by atoms with Gasteiger partial charge in [0, 0.05) is 6.42 Å². The quantitative estimate of drug-likeness (QED) is 0.705. The Morgan fingerprint density at radius 1 is 1.12 bits per heavy atom. The molecule has 0 fully saturated rings. The van der Waals surface area contributed by atoms with Crippen LogP contribution in [0.2, 0.25) is 0 Å². The number of fused-ring (bicyclic) bond motifs is 1. The second-order valence-corrected chi connectivity index (χ2v) is 5.43. The molecule has 5 nitrogen and oxygen atoms in total. The van der Waals surface area contributed by atoms with Crippen molar-refractivity contribution < 1.29 is 14.3 Å². The number of hydrogen-bond acceptors (Lipinski definition) is 4. The molecule has 124 valence electrons. The third-order valence-corrected chi connectivity index (χ3v) is 3.87. The van der Waals surface area contributed by atoms with Crippen LogP contribution in [0.25, 0.3) is 11.0 Å². The number of nitrogens with zero attached hydrogens (tertiary/aromatic N) is 1. The molecule has 0 bridgehead atoms. The maximum Gasteiger partial charge on any atom is 0.340 e. The first-order chi connectivity index (χ1) is 11.7. The van der Waals surface area contributed by atoms with Crippen LogP contribution in [0, 0.1) is 0 Å². The Kier molecular flexibility index (Phi) is 4.79. The summed E-state index contributed by atoms with van der Waals surface area (Å²) in [6.45, 7) is 2.12. The van der Waals surface area contributed by atoms with Crippen LogP contribution in [0.5, 0.6) is 5.75 Å². The summed E-state index contributed by atoms with van der Waals surface area (Å²) < 4.78 is 10.5. The summed E-state index contributed by atoms with van der Waals surface area (Å²) in [6, 6.07) is 13.7. The van der Waals surface area contributed by atoms with Crippen LogP contribution in [0.4, 0.5) is 0 Å². The Bertz CT molecular complexity index is 840. The molecule has 0 saturated heterocycles. The molecule has 0 saturated carbocycles. The number of ether oxygens (including phenoxy) is 2. The first-order valence-electron chi connectivity index (χ1n) is 7.99. The van der Waals surface area contributed by atoms with E-state index in [1.54, 1.807) is 26.2 Å². The largest absolute Gasteiger partial charge is 0.494 e. The lowest BCUT2D eigenvalue weighted by Gasteiger charge is -2.05. The number of rotatable bonds is 6. The molecule has 0 amide bonds. The molecule has 3 rings (SSSR count). The minimum atomic E-state index is -0.358. The topological polar surface area (TPSA) is 64.2 Å². The molecule has 5 heteroatoms. The molecule has 0 aliphatic carbocycles. The number of esters is 1. The molecule has 0 atom stereocenters. The Labute approximate surface area is 140 Å². The fourth-order valence-corrected chi connectivity index (χ4v) is 2.69. The number of aryl methyl sites for hydroxylation is 2. The minimum absolute atomic E-state index is 0.335. The van der Waals surface area contributed by atoms with Crippen LogP contribution >= 0.6 is 0 Å². The number of hydrogen-bond donors (Lipinski definition) is 1. The van der Waals surface area contributed by atoms with Crippen molar-refractivity contribution >= 4 is 17.0 Å². The average Bonchev–Trinajstić information content (AvgIpc) is 3.04. The highest BCUT2D eigenvalue weighted by Gasteiger charge is 2.17. The number of carbonyl (C=O) groups excluding carboxylic acids is 1. The van der Waals surface area contributed by atoms with E-state index in [0.29, 0.717) is 29.0 Å². The van der Waals surface area contributed by atoms with Gasteiger partial charge in [0.25, 0.3) is 0 Å². The third kappa shape index (κ3) is 3.25. The Hall–Kier alpha value is -2.82. The number of aromatic amines is 1. The molecule has 0 unspecified atom stereocenters. The van der Waals surface area contributed by atoms with E-state index in [0.717, 1.165) is 18.7 Å². The summed E-state index contributed by atoms with van der Waals surface area (Å²) in [4.78, 5) is 20.0. The zero-order chi connectivity index (χ0) is 16.9. The number of benzene rings is 2. The van der Waals surface area contributed by atoms with E-state index in [4.69, 9.17) is 9.47 Å². The summed E-state index contributed by atoms with van der Waals surface area (Å²) in [5.41, 5.74) is 3.05. The molecule has 1 heterocycles. The van der Waals surface area contributed by atoms with Crippen molar-refractivity contribution in [2.24, 2.45) is 0 Å². The summed E-state index contributed by atoms with van der Waals surface area (Å²) in [5.74, 6) is 1.10. The van der Waals surface area contributed by atoms with Gasteiger partial charge < -0.3 is 14.5 Å². The van der Waals surface area contributed by atoms with E-state index in [1.807, 2.05) is 18.2 Å². The van der Waals surface area contributed by atoms with Crippen LogP contribution in [-0.4, -0.2) is 29.7 Å². The van der Waals surface area contributed by atoms with Crippen LogP contribution < -0.4 is 4.74 Å². The zero-order valence-electron chi connectivity index (χ0n) is 13.8. The first kappa shape index (κ1) is 16.1. The van der Waals surface area contributed by atoms with E-state index in [9.17, 15) is 4.79 Å². The van der Waals surface area contributed by atoms with Crippen molar-refractivity contribution in [3.63, 3.8) is 0 Å². The molecule has 0 radical (unpaired) electrons. The lowest BCUT2D eigenvalue weighted by Crippen LogP contribution is -2.05. The van der Waals surface area contributed by atoms with Gasteiger partial charge in [-0.3, -0.25) is 0 Å². The molecule has 24 heavy (non-hydrogen) atoms. The SMILES string of the molecule is CCOC(=O)c1ccc(OC)c2nc(CCc3ccccc3)[nH]c12. The average molecular weight is 324 g/mol. The van der Waals surface area contributed by atoms with Crippen molar-refractivity contribution in [2.75, 3.05) is 13.7 Å². The maximum atomic E-state index is 12.1. The fourth-order valence-electron chi connectivity index (χ4n) is 2.69. The number of methoxy groups -OCH3 is 1. The van der Waals surface area contributed by atoms with Gasteiger partial charge in [0.15, 0.2) is 0 Å². The van der Waals surface area contributed by atoms with Gasteiger partial charge in [-0.1, -0.05) is 30.3 Å². The van der Waals surface area contributed by atoms with Crippen LogP contribution in [0.3, 0.4) is 0 Å². The molecule has 2 aromatic carbocycles. The van der Waals surface area contributed by atoms with Gasteiger partial charge in [0.2, 0.25) is 0 Å². The molecule has 1 aromatic heterocycles. The number of imidazole rings is 1. The highest BCUT2D eigenvalue weighted by molar-refractivity contribution is 6.03. The van der Waals surface area contributed by atoms with Crippen LogP contribution in [-0.2, 0) is 17.6 Å². The lowest BCUT2D eigenvalue weighted by atomic mass is 10.1. The standard InChI is InChI=1S/C19H20N2O3/c1-3-24-19(22)14-10-11-15(23-2)18-17(14)20-16(21-18)12-9-13-7-5-4-6-8-13/h4-8,10-11H,3,9,12H2,1-2H3,(H,20,21). The van der Waals surface area contributed by atoms with E-state index in [1.165, 1.54) is 5.56 Å². The third-order valence-electron chi connectivity index (χ3n) is 3.87. The van der Waals surface area contributed by atoms with E-state index < -0.39 is 0 Å². The Morgan fingerprint density at radius 3 is 2.62 bits per heavy atom. The van der Waals surface area contributed by atoms with Gasteiger partial charge in [-0.05, 0) is 31.0 Å². The predicted molar refractivity (Wildman–Crippen MR) is 92.5 cm³/mol. The van der Waals surface area contributed by atoms with E-state index in [2.05, 4.69) is 22.1 Å². The van der Waals surface area contributed by atoms with Crippen molar-refractivity contribution in [3.8, 4) is 5.75 Å². The number of carbonyl (C=O) groups is 1. The van der Waals surface area contributed by atoms with Gasteiger partial charge in [0.05, 0.1) is 24.8 Å². The molecular weight excluding hydrogens is 304 g/mol. The Morgan fingerprint density at radius 2 is 1.92 bits per heavy atom. The smallest absolute Gasteiger partial charge is 0.340 e. The fraction of sp³-hybridized carbons (Fsp3) is 0.263. The van der Waals surface area contributed by atoms with Crippen LogP contribution in [0.1, 0.15) is 28.7 Å². The summed E-state index contributed by atoms with van der Waals surface area (Å²) in [5, 5.41) is 0. The van der Waals surface area contributed by atoms with Crippen molar-refractivity contribution in [2.45, 2.75) is 19.8 Å². The number of nitrogens with one attached hydrogen (secondary N) is 1. The normalized spacial score (nSPS) is 10.8. The van der Waals surface area contributed by atoms with Gasteiger partial charge in [0.1, 0.15) is 17.1 Å². The van der Waals surface area contributed by atoms with Crippen molar-refractivity contribution in [3.05, 3.63) is 59.4 Å². The summed E-state index contributed by atoms with van der Waals surface area (Å²) in [7, 11) is 1.59. The molecule has 0 aliphatic rings. The summed E-state index contributed by atoms with van der Waals surface area (Å²) >= 11 is 0. The van der Waals surface area contributed by atoms with Gasteiger partial charge >= 0.3 is 5.97 Å². The molecule has 3 aromatic rings. The summed E-state index contributed by atoms with van der Waals surface area (Å²) in [6.07, 6.45) is 1.63. The van der Waals surface area contributed by atoms with Gasteiger partial charge in [-0.25, -0.2) is 9.78 Å². The highest BCUT2D eigenvalue weighted by Crippen LogP contribution is 2.27. The second-order valence-electron chi connectivity index (χ2n) is 5.43. The maximum absolute atomic E-state index is 12.1. The lowest BCUT2D eigenvalue weighted by molar-refractivity contribution is 0.0528. The van der Waals surface area contributed by atoms with Crippen molar-refractivity contribution in [1.82, 2.24) is 9.97 Å². The second kappa shape index (κ2) is 7.17. The van der Waals surface area contributed by atoms with E-state index >= 15 is 0 Å². The van der Waals surface area contributed by atoms with Gasteiger partial charge in [-0.15, -0.1) is 0 Å². The molecule has 0 spiro atoms. The van der Waals surface area contributed by atoms with Crippen LogP contribution in [0.15, 0.2) is 42.5 Å². The first-order valence-corrected chi connectivity index (χ1v) is 7.99. The molecular formula is C19H20N2O3. The highest BCUT2D eigenvalue weighted by atomic mass is 16.5. The monoisotopic (exact) mass is 324 g/mol. The minimum Gasteiger partial charge on any atom is -0.494 e. The number of aromatic nitrogens is 2. The molecule has 1 N–H and O–H groups in total. The van der Waals surface area contributed by atoms with Crippen molar-refractivity contribution in [1.29, 1.82) is 0 Å². The Balaban J connectivity index is 1.93. The van der Waals surface area contributed by atoms with E-state index in [-0.39, 0.29) is 5.97 Å². The zero-order valence-corrected chi connectivity index (χ0v) is 13.8.